The van der Waals surface area contributed by atoms with Crippen LogP contribution in [-0.4, -0.2) is 11.1 Å². The van der Waals surface area contributed by atoms with Crippen molar-refractivity contribution < 1.29 is 9.90 Å². The first-order valence-corrected chi connectivity index (χ1v) is 7.02. The first kappa shape index (κ1) is 13.2. The van der Waals surface area contributed by atoms with Crippen LogP contribution < -0.4 is 5.73 Å². The molecule has 18 heavy (non-hydrogen) atoms. The largest absolute Gasteiger partial charge is 0.478 e. The molecule has 5 heteroatoms. The smallest absolute Gasteiger partial charge is 0.336 e. The number of carboxylic acid groups (broad SMARTS) is 1. The third-order valence-electron chi connectivity index (χ3n) is 2.28. The number of aromatic carboxylic acids is 1. The van der Waals surface area contributed by atoms with Crippen LogP contribution in [0.5, 0.6) is 0 Å². The minimum atomic E-state index is -0.904. The van der Waals surface area contributed by atoms with Gasteiger partial charge in [0, 0.05) is 19.0 Å². The Morgan fingerprint density at radius 2 is 1.72 bits per heavy atom. The topological polar surface area (TPSA) is 63.3 Å². The summed E-state index contributed by atoms with van der Waals surface area (Å²) < 4.78 is 0.738. The lowest BCUT2D eigenvalue weighted by atomic mass is 10.2. The normalized spacial score (nSPS) is 10.3. The van der Waals surface area contributed by atoms with Crippen molar-refractivity contribution >= 4 is 46.0 Å². The maximum atomic E-state index is 11.0. The van der Waals surface area contributed by atoms with Crippen molar-refractivity contribution in [3.8, 4) is 0 Å². The number of nitrogens with two attached hydrogens (primary N) is 1. The van der Waals surface area contributed by atoms with Crippen LogP contribution in [0.4, 0.5) is 5.69 Å². The van der Waals surface area contributed by atoms with E-state index in [2.05, 4.69) is 0 Å². The number of hydrogen-bond donors (Lipinski definition) is 2. The molecule has 0 aliphatic heterocycles. The van der Waals surface area contributed by atoms with Crippen LogP contribution in [0.1, 0.15) is 10.4 Å². The Morgan fingerprint density at radius 1 is 1.11 bits per heavy atom. The number of carbonyl (C=O) groups is 1. The average molecular weight is 371 g/mol. The van der Waals surface area contributed by atoms with Crippen molar-refractivity contribution in [1.29, 1.82) is 0 Å². The minimum Gasteiger partial charge on any atom is -0.478 e. The predicted octanol–water partition coefficient (Wildman–Crippen LogP) is 3.72. The number of anilines is 1. The highest BCUT2D eigenvalue weighted by molar-refractivity contribution is 14.1. The van der Waals surface area contributed by atoms with Crippen molar-refractivity contribution in [1.82, 2.24) is 0 Å². The molecule has 0 saturated heterocycles. The summed E-state index contributed by atoms with van der Waals surface area (Å²) in [6.45, 7) is 0. The molecule has 3 nitrogen and oxygen atoms in total. The van der Waals surface area contributed by atoms with E-state index in [4.69, 9.17) is 10.8 Å². The molecular formula is C13H10INO2S. The first-order chi connectivity index (χ1) is 8.56. The lowest BCUT2D eigenvalue weighted by Crippen LogP contribution is -1.99. The highest BCUT2D eigenvalue weighted by Gasteiger charge is 2.09. The van der Waals surface area contributed by atoms with Gasteiger partial charge in [-0.05, 0) is 65.1 Å². The van der Waals surface area contributed by atoms with Gasteiger partial charge in [0.1, 0.15) is 0 Å². The first-order valence-electron chi connectivity index (χ1n) is 5.12. The van der Waals surface area contributed by atoms with Gasteiger partial charge < -0.3 is 10.8 Å². The van der Waals surface area contributed by atoms with E-state index in [-0.39, 0.29) is 0 Å². The zero-order chi connectivity index (χ0) is 13.1. The van der Waals surface area contributed by atoms with Gasteiger partial charge in [-0.25, -0.2) is 4.79 Å². The highest BCUT2D eigenvalue weighted by atomic mass is 127. The van der Waals surface area contributed by atoms with Crippen LogP contribution in [0.15, 0.2) is 52.3 Å². The molecule has 0 amide bonds. The van der Waals surface area contributed by atoms with Gasteiger partial charge in [0.15, 0.2) is 0 Å². The second-order valence-corrected chi connectivity index (χ2v) is 5.93. The number of halogens is 1. The van der Waals surface area contributed by atoms with E-state index in [1.54, 1.807) is 6.07 Å². The maximum absolute atomic E-state index is 11.0. The average Bonchev–Trinajstić information content (AvgIpc) is 2.34. The van der Waals surface area contributed by atoms with Crippen LogP contribution in [0.25, 0.3) is 0 Å². The standard InChI is InChI=1S/C13H10INO2S/c14-12-6-5-10(7-11(12)13(16)17)18-9-3-1-8(15)2-4-9/h1-7H,15H2,(H,16,17). The van der Waals surface area contributed by atoms with Gasteiger partial charge in [-0.2, -0.15) is 0 Å². The van der Waals surface area contributed by atoms with Crippen LogP contribution in [0.2, 0.25) is 0 Å². The van der Waals surface area contributed by atoms with Crippen LogP contribution >= 0.6 is 34.4 Å². The predicted molar refractivity (Wildman–Crippen MR) is 81.1 cm³/mol. The molecule has 0 aliphatic rings. The van der Waals surface area contributed by atoms with E-state index in [9.17, 15) is 4.79 Å². The zero-order valence-electron chi connectivity index (χ0n) is 9.26. The molecule has 0 aliphatic carbocycles. The third-order valence-corrected chi connectivity index (χ3v) is 4.22. The fourth-order valence-corrected chi connectivity index (χ4v) is 2.83. The summed E-state index contributed by atoms with van der Waals surface area (Å²) in [5.74, 6) is -0.904. The fraction of sp³-hybridized carbons (Fsp3) is 0. The third kappa shape index (κ3) is 3.17. The number of benzene rings is 2. The van der Waals surface area contributed by atoms with Gasteiger partial charge in [-0.15, -0.1) is 0 Å². The van der Waals surface area contributed by atoms with Gasteiger partial charge in [0.25, 0.3) is 0 Å². The Morgan fingerprint density at radius 3 is 2.33 bits per heavy atom. The lowest BCUT2D eigenvalue weighted by Gasteiger charge is -2.05. The molecule has 3 N–H and O–H groups in total. The molecule has 2 rings (SSSR count). The van der Waals surface area contributed by atoms with Crippen molar-refractivity contribution in [2.75, 3.05) is 5.73 Å². The van der Waals surface area contributed by atoms with Crippen molar-refractivity contribution in [3.05, 3.63) is 51.6 Å². The Hall–Kier alpha value is -1.21. The Bertz CT molecular complexity index is 584. The van der Waals surface area contributed by atoms with E-state index in [1.807, 2.05) is 59.0 Å². The SMILES string of the molecule is Nc1ccc(Sc2ccc(I)c(C(=O)O)c2)cc1. The Balaban J connectivity index is 2.27. The van der Waals surface area contributed by atoms with Crippen LogP contribution in [0.3, 0.4) is 0 Å². The molecule has 2 aromatic rings. The molecule has 2 aromatic carbocycles. The molecule has 0 spiro atoms. The summed E-state index contributed by atoms with van der Waals surface area (Å²) in [6.07, 6.45) is 0. The fourth-order valence-electron chi connectivity index (χ4n) is 1.40. The van der Waals surface area contributed by atoms with E-state index in [0.717, 1.165) is 13.4 Å². The number of rotatable bonds is 3. The second kappa shape index (κ2) is 5.62. The molecule has 0 aromatic heterocycles. The molecule has 0 unspecified atom stereocenters. The van der Waals surface area contributed by atoms with Gasteiger partial charge in [0.05, 0.1) is 5.56 Å². The van der Waals surface area contributed by atoms with E-state index in [0.29, 0.717) is 11.3 Å². The Kier molecular flexibility index (Phi) is 4.13. The molecular weight excluding hydrogens is 361 g/mol. The highest BCUT2D eigenvalue weighted by Crippen LogP contribution is 2.30. The number of nitrogen functional groups attached to an aromatic ring is 1. The van der Waals surface area contributed by atoms with E-state index < -0.39 is 5.97 Å². The summed E-state index contributed by atoms with van der Waals surface area (Å²) >= 11 is 3.54. The van der Waals surface area contributed by atoms with Crippen molar-refractivity contribution in [2.24, 2.45) is 0 Å². The van der Waals surface area contributed by atoms with Crippen LogP contribution in [-0.2, 0) is 0 Å². The van der Waals surface area contributed by atoms with Gasteiger partial charge in [-0.1, -0.05) is 11.8 Å². The second-order valence-electron chi connectivity index (χ2n) is 3.62. The quantitative estimate of drug-likeness (QED) is 0.638. The molecule has 0 saturated carbocycles. The molecule has 0 heterocycles. The van der Waals surface area contributed by atoms with Crippen molar-refractivity contribution in [2.45, 2.75) is 9.79 Å². The minimum absolute atomic E-state index is 0.330. The lowest BCUT2D eigenvalue weighted by molar-refractivity contribution is 0.0695. The maximum Gasteiger partial charge on any atom is 0.336 e. The van der Waals surface area contributed by atoms with Gasteiger partial charge >= 0.3 is 5.97 Å². The molecule has 92 valence electrons. The number of hydrogen-bond acceptors (Lipinski definition) is 3. The van der Waals surface area contributed by atoms with E-state index in [1.165, 1.54) is 11.8 Å². The molecule has 0 atom stereocenters. The summed E-state index contributed by atoms with van der Waals surface area (Å²) in [7, 11) is 0. The molecule has 0 radical (unpaired) electrons. The summed E-state index contributed by atoms with van der Waals surface area (Å²) in [4.78, 5) is 13.0. The van der Waals surface area contributed by atoms with Gasteiger partial charge in [-0.3, -0.25) is 0 Å². The van der Waals surface area contributed by atoms with Gasteiger partial charge in [0.2, 0.25) is 0 Å². The van der Waals surface area contributed by atoms with Crippen LogP contribution in [0, 0.1) is 3.57 Å². The molecule has 0 bridgehead atoms. The number of carboxylic acids is 1. The summed E-state index contributed by atoms with van der Waals surface area (Å²) in [6, 6.07) is 12.9. The summed E-state index contributed by atoms with van der Waals surface area (Å²) in [5, 5.41) is 9.06. The zero-order valence-corrected chi connectivity index (χ0v) is 12.2. The van der Waals surface area contributed by atoms with E-state index >= 15 is 0 Å². The van der Waals surface area contributed by atoms with Crippen molar-refractivity contribution in [3.63, 3.8) is 0 Å². The molecule has 0 fully saturated rings. The summed E-state index contributed by atoms with van der Waals surface area (Å²) in [5.41, 5.74) is 6.66. The Labute approximate surface area is 123 Å². The monoisotopic (exact) mass is 371 g/mol.